The zero-order chi connectivity index (χ0) is 14.9. The summed E-state index contributed by atoms with van der Waals surface area (Å²) in [5, 5.41) is 12.0. The predicted molar refractivity (Wildman–Crippen MR) is 76.9 cm³/mol. The van der Waals surface area contributed by atoms with Gasteiger partial charge in [0.15, 0.2) is 0 Å². The lowest BCUT2D eigenvalue weighted by molar-refractivity contribution is -0.144. The Labute approximate surface area is 118 Å². The maximum atomic E-state index is 12.2. The molecule has 1 aliphatic rings. The molecule has 1 aromatic rings. The van der Waals surface area contributed by atoms with Gasteiger partial charge in [0.1, 0.15) is 5.54 Å². The van der Waals surface area contributed by atoms with Crippen LogP contribution in [0, 0.1) is 12.8 Å². The standard InChI is InChI=1S/C15H20N2O3/c1-10-4-8-12(9-5-10)17(3)14(20)16-15(2,13(18)19)11-6-7-11/h4-5,8-9,11H,6-7H2,1-3H3,(H,16,20)(H,18,19). The Morgan fingerprint density at radius 3 is 2.30 bits per heavy atom. The van der Waals surface area contributed by atoms with Gasteiger partial charge in [-0.05, 0) is 44.7 Å². The molecule has 5 nitrogen and oxygen atoms in total. The molecule has 1 atom stereocenters. The van der Waals surface area contributed by atoms with E-state index in [0.29, 0.717) is 0 Å². The number of carbonyl (C=O) groups is 2. The number of aryl methyl sites for hydroxylation is 1. The summed E-state index contributed by atoms with van der Waals surface area (Å²) in [5.74, 6) is -0.957. The first kappa shape index (κ1) is 14.4. The molecule has 0 aliphatic heterocycles. The minimum atomic E-state index is -1.18. The Kier molecular flexibility index (Phi) is 3.70. The number of amides is 2. The van der Waals surface area contributed by atoms with E-state index in [1.54, 1.807) is 14.0 Å². The molecule has 0 saturated heterocycles. The van der Waals surface area contributed by atoms with E-state index in [9.17, 15) is 14.7 Å². The number of nitrogens with one attached hydrogen (secondary N) is 1. The fourth-order valence-corrected chi connectivity index (χ4v) is 2.18. The van der Waals surface area contributed by atoms with E-state index in [0.717, 1.165) is 24.1 Å². The molecule has 5 heteroatoms. The molecule has 1 aromatic carbocycles. The molecule has 0 aromatic heterocycles. The SMILES string of the molecule is Cc1ccc(N(C)C(=O)NC(C)(C(=O)O)C2CC2)cc1. The van der Waals surface area contributed by atoms with Gasteiger partial charge < -0.3 is 10.4 Å². The van der Waals surface area contributed by atoms with Crippen LogP contribution in [0.1, 0.15) is 25.3 Å². The normalized spacial score (nSPS) is 17.1. The summed E-state index contributed by atoms with van der Waals surface area (Å²) in [6, 6.07) is 7.10. The van der Waals surface area contributed by atoms with Crippen LogP contribution in [0.3, 0.4) is 0 Å². The van der Waals surface area contributed by atoms with E-state index in [1.807, 2.05) is 31.2 Å². The van der Waals surface area contributed by atoms with E-state index in [4.69, 9.17) is 0 Å². The van der Waals surface area contributed by atoms with Crippen LogP contribution >= 0.6 is 0 Å². The minimum absolute atomic E-state index is 0.0235. The molecule has 0 bridgehead atoms. The number of aliphatic carboxylic acids is 1. The lowest BCUT2D eigenvalue weighted by Crippen LogP contribution is -2.57. The van der Waals surface area contributed by atoms with Crippen molar-refractivity contribution >= 4 is 17.7 Å². The van der Waals surface area contributed by atoms with Gasteiger partial charge in [-0.2, -0.15) is 0 Å². The third kappa shape index (κ3) is 2.76. The van der Waals surface area contributed by atoms with Crippen molar-refractivity contribution < 1.29 is 14.7 Å². The quantitative estimate of drug-likeness (QED) is 0.887. The molecule has 2 rings (SSSR count). The molecule has 0 radical (unpaired) electrons. The highest BCUT2D eigenvalue weighted by molar-refractivity contribution is 5.95. The number of hydrogen-bond acceptors (Lipinski definition) is 2. The maximum Gasteiger partial charge on any atom is 0.329 e. The van der Waals surface area contributed by atoms with Crippen molar-refractivity contribution in [1.82, 2.24) is 5.32 Å². The van der Waals surface area contributed by atoms with Crippen LogP contribution in [0.25, 0.3) is 0 Å². The number of benzene rings is 1. The number of rotatable bonds is 4. The fraction of sp³-hybridized carbons (Fsp3) is 0.467. The number of nitrogens with zero attached hydrogens (tertiary/aromatic N) is 1. The van der Waals surface area contributed by atoms with Crippen molar-refractivity contribution in [1.29, 1.82) is 0 Å². The van der Waals surface area contributed by atoms with Crippen molar-refractivity contribution in [2.24, 2.45) is 5.92 Å². The van der Waals surface area contributed by atoms with Gasteiger partial charge in [0.2, 0.25) is 0 Å². The molecule has 1 fully saturated rings. The Bertz CT molecular complexity index is 522. The van der Waals surface area contributed by atoms with Gasteiger partial charge in [-0.1, -0.05) is 17.7 Å². The lowest BCUT2D eigenvalue weighted by atomic mass is 9.96. The molecule has 108 valence electrons. The minimum Gasteiger partial charge on any atom is -0.480 e. The van der Waals surface area contributed by atoms with Gasteiger partial charge >= 0.3 is 12.0 Å². The first-order valence-electron chi connectivity index (χ1n) is 6.70. The monoisotopic (exact) mass is 276 g/mol. The van der Waals surface area contributed by atoms with Gasteiger partial charge in [-0.25, -0.2) is 9.59 Å². The summed E-state index contributed by atoms with van der Waals surface area (Å²) < 4.78 is 0. The zero-order valence-corrected chi connectivity index (χ0v) is 12.0. The number of hydrogen-bond donors (Lipinski definition) is 2. The Balaban J connectivity index is 2.10. The van der Waals surface area contributed by atoms with Gasteiger partial charge in [-0.3, -0.25) is 4.90 Å². The van der Waals surface area contributed by atoms with Crippen molar-refractivity contribution in [3.05, 3.63) is 29.8 Å². The van der Waals surface area contributed by atoms with E-state index < -0.39 is 17.5 Å². The van der Waals surface area contributed by atoms with E-state index >= 15 is 0 Å². The van der Waals surface area contributed by atoms with Crippen LogP contribution in [0.2, 0.25) is 0 Å². The second-order valence-electron chi connectivity index (χ2n) is 5.61. The molecule has 1 aliphatic carbocycles. The van der Waals surface area contributed by atoms with Crippen LogP contribution in [0.4, 0.5) is 10.5 Å². The summed E-state index contributed by atoms with van der Waals surface area (Å²) in [7, 11) is 1.63. The summed E-state index contributed by atoms with van der Waals surface area (Å²) >= 11 is 0. The second kappa shape index (κ2) is 5.15. The molecular formula is C15H20N2O3. The van der Waals surface area contributed by atoms with Crippen molar-refractivity contribution in [3.63, 3.8) is 0 Å². The van der Waals surface area contributed by atoms with Gasteiger partial charge in [0.05, 0.1) is 0 Å². The number of urea groups is 1. The van der Waals surface area contributed by atoms with Crippen molar-refractivity contribution in [3.8, 4) is 0 Å². The smallest absolute Gasteiger partial charge is 0.329 e. The number of carboxylic acids is 1. The number of carbonyl (C=O) groups excluding carboxylic acids is 1. The van der Waals surface area contributed by atoms with Crippen LogP contribution in [0.15, 0.2) is 24.3 Å². The largest absolute Gasteiger partial charge is 0.480 e. The van der Waals surface area contributed by atoms with Gasteiger partial charge in [0.25, 0.3) is 0 Å². The third-order valence-corrected chi connectivity index (χ3v) is 3.93. The van der Waals surface area contributed by atoms with Crippen LogP contribution in [-0.4, -0.2) is 29.7 Å². The number of anilines is 1. The van der Waals surface area contributed by atoms with E-state index in [1.165, 1.54) is 4.90 Å². The molecule has 1 unspecified atom stereocenters. The van der Waals surface area contributed by atoms with Crippen molar-refractivity contribution in [2.45, 2.75) is 32.2 Å². The third-order valence-electron chi connectivity index (χ3n) is 3.93. The molecular weight excluding hydrogens is 256 g/mol. The highest BCUT2D eigenvalue weighted by atomic mass is 16.4. The molecule has 2 amide bonds. The van der Waals surface area contributed by atoms with Crippen LogP contribution < -0.4 is 10.2 Å². The number of carboxylic acid groups (broad SMARTS) is 1. The fourth-order valence-electron chi connectivity index (χ4n) is 2.18. The lowest BCUT2D eigenvalue weighted by Gasteiger charge is -2.29. The van der Waals surface area contributed by atoms with Gasteiger partial charge in [-0.15, -0.1) is 0 Å². The summed E-state index contributed by atoms with van der Waals surface area (Å²) in [4.78, 5) is 25.1. The first-order chi connectivity index (χ1) is 9.34. The van der Waals surface area contributed by atoms with E-state index in [2.05, 4.69) is 5.32 Å². The Morgan fingerprint density at radius 2 is 1.85 bits per heavy atom. The highest BCUT2D eigenvalue weighted by Gasteiger charge is 2.49. The molecule has 0 spiro atoms. The Hall–Kier alpha value is -2.04. The maximum absolute atomic E-state index is 12.2. The first-order valence-corrected chi connectivity index (χ1v) is 6.70. The average molecular weight is 276 g/mol. The van der Waals surface area contributed by atoms with Crippen LogP contribution in [0.5, 0.6) is 0 Å². The molecule has 1 saturated carbocycles. The summed E-state index contributed by atoms with van der Waals surface area (Å²) in [5.41, 5.74) is 0.656. The average Bonchev–Trinajstić information content (AvgIpc) is 3.23. The molecule has 2 N–H and O–H groups in total. The predicted octanol–water partition coefficient (Wildman–Crippen LogP) is 2.39. The van der Waals surface area contributed by atoms with Crippen molar-refractivity contribution in [2.75, 3.05) is 11.9 Å². The topological polar surface area (TPSA) is 69.6 Å². The second-order valence-corrected chi connectivity index (χ2v) is 5.61. The van der Waals surface area contributed by atoms with Gasteiger partial charge in [0, 0.05) is 12.7 Å². The summed E-state index contributed by atoms with van der Waals surface area (Å²) in [6.45, 7) is 3.55. The van der Waals surface area contributed by atoms with E-state index in [-0.39, 0.29) is 5.92 Å². The van der Waals surface area contributed by atoms with Crippen LogP contribution in [-0.2, 0) is 4.79 Å². The Morgan fingerprint density at radius 1 is 1.30 bits per heavy atom. The molecule has 0 heterocycles. The summed E-state index contributed by atoms with van der Waals surface area (Å²) in [6.07, 6.45) is 1.69. The highest BCUT2D eigenvalue weighted by Crippen LogP contribution is 2.39. The zero-order valence-electron chi connectivity index (χ0n) is 12.0. The molecule has 20 heavy (non-hydrogen) atoms.